The number of carbonyl (C=O) groups is 1. The maximum atomic E-state index is 10.9. The molecule has 16 heavy (non-hydrogen) atoms. The van der Waals surface area contributed by atoms with Crippen LogP contribution >= 0.6 is 11.3 Å². The fourth-order valence-electron chi connectivity index (χ4n) is 1.45. The minimum absolute atomic E-state index is 0.597. The van der Waals surface area contributed by atoms with E-state index in [9.17, 15) is 4.79 Å². The molecule has 0 aliphatic carbocycles. The highest BCUT2D eigenvalue weighted by atomic mass is 32.1. The number of pyridine rings is 1. The standard InChI is InChI=1S/C11H11N3OS/c1-14(5-10-7-16-8-13-10)11-9(6-15)3-2-4-12-11/h2-4,6-8H,5H2,1H3. The molecule has 0 fully saturated rings. The van der Waals surface area contributed by atoms with Gasteiger partial charge in [-0.2, -0.15) is 0 Å². The van der Waals surface area contributed by atoms with Crippen LogP contribution in [-0.2, 0) is 6.54 Å². The predicted molar refractivity (Wildman–Crippen MR) is 63.8 cm³/mol. The topological polar surface area (TPSA) is 46.1 Å². The van der Waals surface area contributed by atoms with Crippen LogP contribution in [0.3, 0.4) is 0 Å². The first kappa shape index (κ1) is 10.8. The molecule has 2 heterocycles. The molecule has 82 valence electrons. The van der Waals surface area contributed by atoms with Gasteiger partial charge in [0.1, 0.15) is 5.82 Å². The molecule has 0 saturated carbocycles. The minimum atomic E-state index is 0.597. The van der Waals surface area contributed by atoms with Gasteiger partial charge in [0, 0.05) is 18.6 Å². The lowest BCUT2D eigenvalue weighted by molar-refractivity contribution is 0.112. The molecule has 0 bridgehead atoms. The zero-order chi connectivity index (χ0) is 11.4. The third-order valence-corrected chi connectivity index (χ3v) is 2.82. The molecule has 0 amide bonds. The van der Waals surface area contributed by atoms with Gasteiger partial charge in [0.15, 0.2) is 6.29 Å². The zero-order valence-electron chi connectivity index (χ0n) is 8.83. The Morgan fingerprint density at radius 3 is 3.06 bits per heavy atom. The van der Waals surface area contributed by atoms with Crippen molar-refractivity contribution in [3.05, 3.63) is 40.5 Å². The molecule has 0 radical (unpaired) electrons. The van der Waals surface area contributed by atoms with Gasteiger partial charge >= 0.3 is 0 Å². The summed E-state index contributed by atoms with van der Waals surface area (Å²) in [5, 5.41) is 1.99. The van der Waals surface area contributed by atoms with Crippen molar-refractivity contribution in [1.82, 2.24) is 9.97 Å². The first-order valence-corrected chi connectivity index (χ1v) is 5.74. The Kier molecular flexibility index (Phi) is 3.26. The highest BCUT2D eigenvalue weighted by Crippen LogP contribution is 2.16. The van der Waals surface area contributed by atoms with Gasteiger partial charge in [-0.15, -0.1) is 11.3 Å². The van der Waals surface area contributed by atoms with Crippen LogP contribution in [0.4, 0.5) is 5.82 Å². The first-order valence-electron chi connectivity index (χ1n) is 4.79. The number of hydrogen-bond donors (Lipinski definition) is 0. The number of anilines is 1. The number of rotatable bonds is 4. The number of carbonyl (C=O) groups excluding carboxylic acids is 1. The fraction of sp³-hybridized carbons (Fsp3) is 0.182. The van der Waals surface area contributed by atoms with Gasteiger partial charge in [0.2, 0.25) is 0 Å². The molecule has 0 atom stereocenters. The molecule has 2 aromatic heterocycles. The van der Waals surface area contributed by atoms with Crippen molar-refractivity contribution >= 4 is 23.4 Å². The van der Waals surface area contributed by atoms with Crippen LogP contribution in [0.2, 0.25) is 0 Å². The van der Waals surface area contributed by atoms with E-state index >= 15 is 0 Å². The second kappa shape index (κ2) is 4.85. The van der Waals surface area contributed by atoms with E-state index in [1.165, 1.54) is 0 Å². The molecule has 0 aliphatic rings. The van der Waals surface area contributed by atoms with Crippen LogP contribution in [-0.4, -0.2) is 23.3 Å². The monoisotopic (exact) mass is 233 g/mol. The van der Waals surface area contributed by atoms with Crippen molar-refractivity contribution in [2.75, 3.05) is 11.9 Å². The lowest BCUT2D eigenvalue weighted by atomic mass is 10.2. The number of aldehydes is 1. The average molecular weight is 233 g/mol. The Bertz CT molecular complexity index is 470. The predicted octanol–water partition coefficient (Wildman–Crippen LogP) is 1.99. The summed E-state index contributed by atoms with van der Waals surface area (Å²) in [7, 11) is 1.90. The molecule has 0 aromatic carbocycles. The summed E-state index contributed by atoms with van der Waals surface area (Å²) in [6.07, 6.45) is 2.50. The molecule has 2 rings (SSSR count). The Labute approximate surface area is 97.6 Å². The molecule has 0 saturated heterocycles. The summed E-state index contributed by atoms with van der Waals surface area (Å²) in [6, 6.07) is 3.51. The molecule has 2 aromatic rings. The molecule has 0 unspecified atom stereocenters. The Balaban J connectivity index is 2.20. The summed E-state index contributed by atoms with van der Waals surface area (Å²) in [6.45, 7) is 0.654. The highest BCUT2D eigenvalue weighted by Gasteiger charge is 2.08. The normalized spacial score (nSPS) is 10.1. The number of aromatic nitrogens is 2. The van der Waals surface area contributed by atoms with Crippen molar-refractivity contribution in [3.63, 3.8) is 0 Å². The van der Waals surface area contributed by atoms with E-state index < -0.39 is 0 Å². The van der Waals surface area contributed by atoms with Gasteiger partial charge < -0.3 is 4.90 Å². The number of hydrogen-bond acceptors (Lipinski definition) is 5. The summed E-state index contributed by atoms with van der Waals surface area (Å²) < 4.78 is 0. The Hall–Kier alpha value is -1.75. The molecule has 4 nitrogen and oxygen atoms in total. The molecule has 5 heteroatoms. The smallest absolute Gasteiger partial charge is 0.153 e. The van der Waals surface area contributed by atoms with E-state index in [2.05, 4.69) is 9.97 Å². The lowest BCUT2D eigenvalue weighted by Gasteiger charge is -2.18. The van der Waals surface area contributed by atoms with Crippen LogP contribution in [0.15, 0.2) is 29.2 Å². The van der Waals surface area contributed by atoms with Crippen molar-refractivity contribution in [1.29, 1.82) is 0 Å². The van der Waals surface area contributed by atoms with Crippen molar-refractivity contribution in [2.45, 2.75) is 6.54 Å². The molecular weight excluding hydrogens is 222 g/mol. The average Bonchev–Trinajstić information content (AvgIpc) is 2.81. The molecular formula is C11H11N3OS. The van der Waals surface area contributed by atoms with E-state index in [4.69, 9.17) is 0 Å². The van der Waals surface area contributed by atoms with Gasteiger partial charge in [0.25, 0.3) is 0 Å². The van der Waals surface area contributed by atoms with Gasteiger partial charge in [-0.3, -0.25) is 4.79 Å². The first-order chi connectivity index (χ1) is 7.81. The minimum Gasteiger partial charge on any atom is -0.353 e. The Morgan fingerprint density at radius 1 is 1.50 bits per heavy atom. The van der Waals surface area contributed by atoms with Crippen molar-refractivity contribution in [2.24, 2.45) is 0 Å². The number of thiazole rings is 1. The summed E-state index contributed by atoms with van der Waals surface area (Å²) in [4.78, 5) is 21.2. The van der Waals surface area contributed by atoms with Gasteiger partial charge in [-0.05, 0) is 12.1 Å². The second-order valence-electron chi connectivity index (χ2n) is 3.37. The third kappa shape index (κ3) is 2.25. The maximum absolute atomic E-state index is 10.9. The molecule has 0 aliphatic heterocycles. The Morgan fingerprint density at radius 2 is 2.38 bits per heavy atom. The largest absolute Gasteiger partial charge is 0.353 e. The van der Waals surface area contributed by atoms with Crippen LogP contribution in [0, 0.1) is 0 Å². The quantitative estimate of drug-likeness (QED) is 0.758. The van der Waals surface area contributed by atoms with Gasteiger partial charge in [-0.25, -0.2) is 9.97 Å². The van der Waals surface area contributed by atoms with Crippen molar-refractivity contribution < 1.29 is 4.79 Å². The number of nitrogens with zero attached hydrogens (tertiary/aromatic N) is 3. The van der Waals surface area contributed by atoms with Crippen LogP contribution in [0.5, 0.6) is 0 Å². The molecule has 0 spiro atoms. The highest BCUT2D eigenvalue weighted by molar-refractivity contribution is 7.07. The SMILES string of the molecule is CN(Cc1cscn1)c1ncccc1C=O. The van der Waals surface area contributed by atoms with Crippen LogP contribution in [0.1, 0.15) is 16.1 Å². The van der Waals surface area contributed by atoms with E-state index in [0.717, 1.165) is 12.0 Å². The third-order valence-electron chi connectivity index (χ3n) is 2.19. The van der Waals surface area contributed by atoms with E-state index in [1.54, 1.807) is 35.2 Å². The van der Waals surface area contributed by atoms with E-state index in [0.29, 0.717) is 17.9 Å². The van der Waals surface area contributed by atoms with Crippen LogP contribution < -0.4 is 4.90 Å². The van der Waals surface area contributed by atoms with E-state index in [-0.39, 0.29) is 0 Å². The second-order valence-corrected chi connectivity index (χ2v) is 4.09. The fourth-order valence-corrected chi connectivity index (χ4v) is 2.00. The van der Waals surface area contributed by atoms with Crippen molar-refractivity contribution in [3.8, 4) is 0 Å². The maximum Gasteiger partial charge on any atom is 0.153 e. The summed E-state index contributed by atoms with van der Waals surface area (Å²) in [5.41, 5.74) is 3.37. The summed E-state index contributed by atoms with van der Waals surface area (Å²) in [5.74, 6) is 0.686. The molecule has 0 N–H and O–H groups in total. The van der Waals surface area contributed by atoms with E-state index in [1.807, 2.05) is 17.3 Å². The summed E-state index contributed by atoms with van der Waals surface area (Å²) >= 11 is 1.56. The van der Waals surface area contributed by atoms with Gasteiger partial charge in [-0.1, -0.05) is 0 Å². The van der Waals surface area contributed by atoms with Gasteiger partial charge in [0.05, 0.1) is 23.3 Å². The lowest BCUT2D eigenvalue weighted by Crippen LogP contribution is -2.19. The zero-order valence-corrected chi connectivity index (χ0v) is 9.65. The van der Waals surface area contributed by atoms with Crippen LogP contribution in [0.25, 0.3) is 0 Å².